The molecule has 0 spiro atoms. The van der Waals surface area contributed by atoms with Gasteiger partial charge in [-0.05, 0) is 48.9 Å². The number of anilines is 2. The van der Waals surface area contributed by atoms with Crippen molar-refractivity contribution in [1.29, 1.82) is 0 Å². The Kier molecular flexibility index (Phi) is 5.65. The molecule has 1 atom stereocenters. The number of benzene rings is 2. The highest BCUT2D eigenvalue weighted by molar-refractivity contribution is 6.30. The number of aliphatic hydroxyl groups excluding tert-OH is 1. The maximum absolute atomic E-state index is 13.5. The van der Waals surface area contributed by atoms with Crippen molar-refractivity contribution in [3.8, 4) is 11.5 Å². The lowest BCUT2D eigenvalue weighted by atomic mass is 9.94. The largest absolute Gasteiger partial charge is 0.490 e. The summed E-state index contributed by atoms with van der Waals surface area (Å²) in [6, 6.07) is 11.9. The summed E-state index contributed by atoms with van der Waals surface area (Å²) in [5.74, 6) is 1.67. The van der Waals surface area contributed by atoms with Gasteiger partial charge < -0.3 is 25.2 Å². The van der Waals surface area contributed by atoms with E-state index < -0.39 is 6.04 Å². The molecule has 0 fully saturated rings. The number of hydrogen-bond acceptors (Lipinski definition) is 7. The van der Waals surface area contributed by atoms with Gasteiger partial charge in [0.2, 0.25) is 5.95 Å². The molecule has 10 heteroatoms. The molecule has 1 unspecified atom stereocenters. The van der Waals surface area contributed by atoms with Gasteiger partial charge in [0.05, 0.1) is 18.8 Å². The van der Waals surface area contributed by atoms with Crippen molar-refractivity contribution in [1.82, 2.24) is 14.8 Å². The summed E-state index contributed by atoms with van der Waals surface area (Å²) in [7, 11) is 0. The molecule has 0 bridgehead atoms. The van der Waals surface area contributed by atoms with Crippen LogP contribution in [0.25, 0.3) is 0 Å². The molecule has 33 heavy (non-hydrogen) atoms. The Morgan fingerprint density at radius 3 is 2.73 bits per heavy atom. The molecule has 3 heterocycles. The molecule has 3 N–H and O–H groups in total. The molecule has 0 saturated carbocycles. The predicted octanol–water partition coefficient (Wildman–Crippen LogP) is 3.51. The van der Waals surface area contributed by atoms with Crippen LogP contribution in [0, 0.1) is 0 Å². The number of nitrogens with zero attached hydrogens (tertiary/aromatic N) is 3. The number of aromatic nitrogens is 3. The van der Waals surface area contributed by atoms with Gasteiger partial charge in [0.15, 0.2) is 17.3 Å². The first-order chi connectivity index (χ1) is 16.0. The zero-order valence-electron chi connectivity index (χ0n) is 17.8. The first kappa shape index (κ1) is 21.3. The van der Waals surface area contributed by atoms with Gasteiger partial charge >= 0.3 is 0 Å². The molecule has 2 aromatic carbocycles. The fourth-order valence-electron chi connectivity index (χ4n) is 3.95. The van der Waals surface area contributed by atoms with Crippen LogP contribution in [0.15, 0.2) is 53.7 Å². The summed E-state index contributed by atoms with van der Waals surface area (Å²) in [5.41, 5.74) is 2.48. The zero-order valence-corrected chi connectivity index (χ0v) is 18.6. The molecule has 3 aromatic rings. The third-order valence-electron chi connectivity index (χ3n) is 5.47. The first-order valence-corrected chi connectivity index (χ1v) is 10.9. The van der Waals surface area contributed by atoms with E-state index >= 15 is 0 Å². The van der Waals surface area contributed by atoms with Crippen molar-refractivity contribution in [2.75, 3.05) is 23.8 Å². The number of amides is 1. The minimum atomic E-state index is -0.599. The van der Waals surface area contributed by atoms with Crippen molar-refractivity contribution in [3.63, 3.8) is 0 Å². The van der Waals surface area contributed by atoms with E-state index in [-0.39, 0.29) is 18.3 Å². The van der Waals surface area contributed by atoms with E-state index in [1.807, 2.05) is 25.1 Å². The lowest BCUT2D eigenvalue weighted by molar-refractivity contribution is -0.113. The number of nitrogens with one attached hydrogen (secondary N) is 2. The van der Waals surface area contributed by atoms with Crippen LogP contribution < -0.4 is 20.1 Å². The molecular weight excluding hydrogens is 446 g/mol. The molecule has 170 valence electrons. The second-order valence-corrected chi connectivity index (χ2v) is 8.17. The minimum absolute atomic E-state index is 0.254. The number of allylic oxidation sites excluding steroid dienone is 1. The van der Waals surface area contributed by atoms with E-state index in [2.05, 4.69) is 20.7 Å². The van der Waals surface area contributed by atoms with Crippen LogP contribution in [0.2, 0.25) is 5.02 Å². The van der Waals surface area contributed by atoms with Gasteiger partial charge in [0, 0.05) is 22.8 Å². The standard InChI is InChI=1S/C23H22ClN5O4/c1-13-20(22(31)26-16-6-4-15(24)5-7-16)21(29-23(25-13)27-19(12-30)28-29)14-3-8-17-18(11-14)33-10-2-9-32-17/h3-8,11,21,30H,2,9-10,12H2,1H3,(H,26,31)(H,25,27,28). The number of rotatable bonds is 4. The van der Waals surface area contributed by atoms with E-state index in [4.69, 9.17) is 21.1 Å². The van der Waals surface area contributed by atoms with Crippen molar-refractivity contribution in [2.45, 2.75) is 26.0 Å². The number of fused-ring (bicyclic) bond motifs is 2. The normalized spacial score (nSPS) is 17.1. The Morgan fingerprint density at radius 1 is 1.21 bits per heavy atom. The maximum Gasteiger partial charge on any atom is 0.255 e. The average Bonchev–Trinajstić information content (AvgIpc) is 3.07. The second-order valence-electron chi connectivity index (χ2n) is 7.74. The van der Waals surface area contributed by atoms with E-state index in [0.717, 1.165) is 12.0 Å². The molecule has 2 aliphatic rings. The average molecular weight is 468 g/mol. The Labute approximate surface area is 195 Å². The van der Waals surface area contributed by atoms with Crippen LogP contribution in [0.3, 0.4) is 0 Å². The topological polar surface area (TPSA) is 111 Å². The van der Waals surface area contributed by atoms with Crippen molar-refractivity contribution in [3.05, 3.63) is 70.1 Å². The van der Waals surface area contributed by atoms with Crippen molar-refractivity contribution >= 4 is 29.1 Å². The number of carbonyl (C=O) groups is 1. The monoisotopic (exact) mass is 467 g/mol. The van der Waals surface area contributed by atoms with Gasteiger partial charge in [0.1, 0.15) is 12.6 Å². The number of carbonyl (C=O) groups excluding carboxylic acids is 1. The summed E-state index contributed by atoms with van der Waals surface area (Å²) in [5, 5.41) is 20.7. The molecule has 0 saturated heterocycles. The highest BCUT2D eigenvalue weighted by Crippen LogP contribution is 2.39. The smallest absolute Gasteiger partial charge is 0.255 e. The number of aliphatic hydroxyl groups is 1. The fourth-order valence-corrected chi connectivity index (χ4v) is 4.07. The van der Waals surface area contributed by atoms with E-state index in [1.165, 1.54) is 0 Å². The maximum atomic E-state index is 13.5. The summed E-state index contributed by atoms with van der Waals surface area (Å²) in [4.78, 5) is 17.8. The molecule has 9 nitrogen and oxygen atoms in total. The number of halogens is 1. The third kappa shape index (κ3) is 4.12. The summed E-state index contributed by atoms with van der Waals surface area (Å²) >= 11 is 5.97. The first-order valence-electron chi connectivity index (χ1n) is 10.5. The van der Waals surface area contributed by atoms with Gasteiger partial charge in [-0.1, -0.05) is 17.7 Å². The van der Waals surface area contributed by atoms with E-state index in [0.29, 0.717) is 52.6 Å². The number of hydrogen-bond donors (Lipinski definition) is 3. The van der Waals surface area contributed by atoms with Crippen LogP contribution in [-0.4, -0.2) is 39.0 Å². The minimum Gasteiger partial charge on any atom is -0.490 e. The lowest BCUT2D eigenvalue weighted by Crippen LogP contribution is -2.31. The van der Waals surface area contributed by atoms with Crippen molar-refractivity contribution < 1.29 is 19.4 Å². The summed E-state index contributed by atoms with van der Waals surface area (Å²) in [6.45, 7) is 2.62. The van der Waals surface area contributed by atoms with Crippen LogP contribution in [-0.2, 0) is 11.4 Å². The SMILES string of the molecule is CC1=C(C(=O)Nc2ccc(Cl)cc2)C(c2ccc3c(c2)OCCCO3)n2nc(CO)nc2N1. The second kappa shape index (κ2) is 8.76. The van der Waals surface area contributed by atoms with Crippen LogP contribution >= 0.6 is 11.6 Å². The van der Waals surface area contributed by atoms with Gasteiger partial charge in [-0.15, -0.1) is 0 Å². The molecule has 0 aliphatic carbocycles. The van der Waals surface area contributed by atoms with Gasteiger partial charge in [-0.25, -0.2) is 4.68 Å². The fraction of sp³-hybridized carbons (Fsp3) is 0.261. The predicted molar refractivity (Wildman–Crippen MR) is 123 cm³/mol. The zero-order chi connectivity index (χ0) is 22.9. The lowest BCUT2D eigenvalue weighted by Gasteiger charge is -2.29. The Bertz CT molecular complexity index is 1240. The molecule has 1 aromatic heterocycles. The summed E-state index contributed by atoms with van der Waals surface area (Å²) < 4.78 is 13.2. The van der Waals surface area contributed by atoms with Crippen LogP contribution in [0.5, 0.6) is 11.5 Å². The molecule has 5 rings (SSSR count). The Hall–Kier alpha value is -3.56. The number of ether oxygens (including phenoxy) is 2. The van der Waals surface area contributed by atoms with Gasteiger partial charge in [-0.2, -0.15) is 10.1 Å². The molecule has 1 amide bonds. The summed E-state index contributed by atoms with van der Waals surface area (Å²) in [6.07, 6.45) is 0.790. The quantitative estimate of drug-likeness (QED) is 0.538. The van der Waals surface area contributed by atoms with Crippen molar-refractivity contribution in [2.24, 2.45) is 0 Å². The molecule has 2 aliphatic heterocycles. The Balaban J connectivity index is 1.58. The molecular formula is C23H22ClN5O4. The molecule has 0 radical (unpaired) electrons. The van der Waals surface area contributed by atoms with Gasteiger partial charge in [-0.3, -0.25) is 4.79 Å². The van der Waals surface area contributed by atoms with Gasteiger partial charge in [0.25, 0.3) is 5.91 Å². The van der Waals surface area contributed by atoms with E-state index in [1.54, 1.807) is 28.9 Å². The highest BCUT2D eigenvalue weighted by atomic mass is 35.5. The van der Waals surface area contributed by atoms with Crippen LogP contribution in [0.4, 0.5) is 11.6 Å². The third-order valence-corrected chi connectivity index (χ3v) is 5.72. The van der Waals surface area contributed by atoms with Crippen LogP contribution in [0.1, 0.15) is 30.8 Å². The Morgan fingerprint density at radius 2 is 1.97 bits per heavy atom. The highest BCUT2D eigenvalue weighted by Gasteiger charge is 2.35. The van der Waals surface area contributed by atoms with E-state index in [9.17, 15) is 9.90 Å².